The van der Waals surface area contributed by atoms with Gasteiger partial charge < -0.3 is 4.90 Å². The summed E-state index contributed by atoms with van der Waals surface area (Å²) in [6, 6.07) is 1.89. The van der Waals surface area contributed by atoms with Crippen molar-refractivity contribution in [3.63, 3.8) is 0 Å². The predicted molar refractivity (Wildman–Crippen MR) is 49.9 cm³/mol. The lowest BCUT2D eigenvalue weighted by atomic mass is 10.4. The quantitative estimate of drug-likeness (QED) is 0.577. The Morgan fingerprint density at radius 3 is 2.00 bits per heavy atom. The average Bonchev–Trinajstić information content (AvgIpc) is 2.63. The van der Waals surface area contributed by atoms with E-state index in [-0.39, 0.29) is 0 Å². The zero-order chi connectivity index (χ0) is 8.81. The lowest BCUT2D eigenvalue weighted by Crippen LogP contribution is -2.10. The number of aryl methyl sites for hydroxylation is 1. The Bertz CT molecular complexity index is 188. The van der Waals surface area contributed by atoms with E-state index >= 15 is 0 Å². The number of hydrogen-bond donors (Lipinski definition) is 0. The summed E-state index contributed by atoms with van der Waals surface area (Å²) < 4.78 is 1.75. The van der Waals surface area contributed by atoms with Crippen molar-refractivity contribution in [2.75, 3.05) is 20.1 Å². The molecule has 0 aliphatic carbocycles. The minimum absolute atomic E-state index is 1.32. The number of nitrogens with zero attached hydrogens (tertiary/aromatic N) is 3. The van der Waals surface area contributed by atoms with Crippen molar-refractivity contribution in [3.8, 4) is 0 Å². The van der Waals surface area contributed by atoms with E-state index in [2.05, 4.69) is 17.0 Å². The van der Waals surface area contributed by atoms with Crippen LogP contribution >= 0.6 is 0 Å². The van der Waals surface area contributed by atoms with Gasteiger partial charge in [0.1, 0.15) is 0 Å². The molecule has 0 unspecified atom stereocenters. The Morgan fingerprint density at radius 2 is 1.83 bits per heavy atom. The summed E-state index contributed by atoms with van der Waals surface area (Å²) in [5, 5.41) is 3.83. The summed E-state index contributed by atoms with van der Waals surface area (Å²) in [5.74, 6) is 0. The van der Waals surface area contributed by atoms with Gasteiger partial charge in [-0.25, -0.2) is 0 Å². The standard InChI is InChI=1S/C5H11N.C4H6N2/c2*1-6-4-2-3-5-6/h2-5H2,1H3;2-4H,1H3. The molecule has 1 saturated heterocycles. The van der Waals surface area contributed by atoms with E-state index in [4.69, 9.17) is 0 Å². The van der Waals surface area contributed by atoms with Crippen molar-refractivity contribution in [1.82, 2.24) is 14.7 Å². The van der Waals surface area contributed by atoms with E-state index in [0.717, 1.165) is 0 Å². The van der Waals surface area contributed by atoms with Crippen molar-refractivity contribution in [2.45, 2.75) is 12.8 Å². The fourth-order valence-corrected chi connectivity index (χ4v) is 1.22. The van der Waals surface area contributed by atoms with Crippen LogP contribution in [0.15, 0.2) is 18.5 Å². The fraction of sp³-hybridized carbons (Fsp3) is 0.667. The summed E-state index contributed by atoms with van der Waals surface area (Å²) >= 11 is 0. The van der Waals surface area contributed by atoms with Gasteiger partial charge in [-0.15, -0.1) is 0 Å². The van der Waals surface area contributed by atoms with Crippen LogP contribution in [0.1, 0.15) is 12.8 Å². The van der Waals surface area contributed by atoms with Gasteiger partial charge in [0, 0.05) is 19.4 Å². The zero-order valence-electron chi connectivity index (χ0n) is 7.90. The Labute approximate surface area is 74.0 Å². The first-order valence-electron chi connectivity index (χ1n) is 4.41. The van der Waals surface area contributed by atoms with Crippen molar-refractivity contribution < 1.29 is 0 Å². The molecule has 0 aromatic carbocycles. The first-order chi connectivity index (χ1) is 5.79. The van der Waals surface area contributed by atoms with Gasteiger partial charge in [0.05, 0.1) is 0 Å². The van der Waals surface area contributed by atoms with Crippen molar-refractivity contribution in [2.24, 2.45) is 7.05 Å². The van der Waals surface area contributed by atoms with Gasteiger partial charge in [0.2, 0.25) is 0 Å². The van der Waals surface area contributed by atoms with E-state index in [0.29, 0.717) is 0 Å². The number of hydrogen-bond acceptors (Lipinski definition) is 2. The van der Waals surface area contributed by atoms with Crippen molar-refractivity contribution in [3.05, 3.63) is 18.5 Å². The van der Waals surface area contributed by atoms with Crippen LogP contribution in [0.5, 0.6) is 0 Å². The van der Waals surface area contributed by atoms with Crippen LogP contribution in [0.3, 0.4) is 0 Å². The highest BCUT2D eigenvalue weighted by atomic mass is 15.2. The molecule has 0 N–H and O–H groups in total. The van der Waals surface area contributed by atoms with Crippen LogP contribution in [0, 0.1) is 0 Å². The molecule has 2 heterocycles. The molecule has 0 amide bonds. The van der Waals surface area contributed by atoms with Gasteiger partial charge in [-0.1, -0.05) is 0 Å². The van der Waals surface area contributed by atoms with E-state index in [1.807, 2.05) is 19.3 Å². The summed E-state index contributed by atoms with van der Waals surface area (Å²) in [7, 11) is 4.06. The highest BCUT2D eigenvalue weighted by molar-refractivity contribution is 4.75. The molecule has 1 aliphatic heterocycles. The van der Waals surface area contributed by atoms with E-state index in [1.54, 1.807) is 10.9 Å². The second-order valence-electron chi connectivity index (χ2n) is 3.19. The maximum Gasteiger partial charge on any atom is 0.0489 e. The monoisotopic (exact) mass is 167 g/mol. The molecule has 0 saturated carbocycles. The predicted octanol–water partition coefficient (Wildman–Crippen LogP) is 1.13. The summed E-state index contributed by atoms with van der Waals surface area (Å²) in [6.45, 7) is 2.64. The second kappa shape index (κ2) is 4.93. The van der Waals surface area contributed by atoms with Crippen LogP contribution in [-0.2, 0) is 7.05 Å². The number of aromatic nitrogens is 2. The highest BCUT2D eigenvalue weighted by Crippen LogP contribution is 2.02. The molecule has 0 spiro atoms. The number of likely N-dealkylation sites (tertiary alicyclic amines) is 1. The summed E-state index contributed by atoms with van der Waals surface area (Å²) in [4.78, 5) is 2.36. The Hall–Kier alpha value is -0.830. The van der Waals surface area contributed by atoms with Gasteiger partial charge in [0.15, 0.2) is 0 Å². The Kier molecular flexibility index (Phi) is 3.80. The SMILES string of the molecule is CN1CCCC1.Cn1cccn1. The normalized spacial score (nSPS) is 17.2. The van der Waals surface area contributed by atoms with Crippen LogP contribution in [0.4, 0.5) is 0 Å². The third-order valence-electron chi connectivity index (χ3n) is 1.97. The molecular weight excluding hydrogens is 150 g/mol. The minimum Gasteiger partial charge on any atom is -0.306 e. The van der Waals surface area contributed by atoms with Gasteiger partial charge >= 0.3 is 0 Å². The van der Waals surface area contributed by atoms with Crippen LogP contribution in [0.25, 0.3) is 0 Å². The molecule has 3 nitrogen and oxygen atoms in total. The molecule has 1 aromatic heterocycles. The second-order valence-corrected chi connectivity index (χ2v) is 3.19. The topological polar surface area (TPSA) is 21.1 Å². The first-order valence-corrected chi connectivity index (χ1v) is 4.41. The maximum atomic E-state index is 3.83. The molecule has 3 heteroatoms. The van der Waals surface area contributed by atoms with Gasteiger partial charge in [-0.3, -0.25) is 4.68 Å². The van der Waals surface area contributed by atoms with Crippen LogP contribution in [-0.4, -0.2) is 34.8 Å². The van der Waals surface area contributed by atoms with Crippen molar-refractivity contribution >= 4 is 0 Å². The largest absolute Gasteiger partial charge is 0.306 e. The van der Waals surface area contributed by atoms with Gasteiger partial charge in [-0.05, 0) is 39.0 Å². The van der Waals surface area contributed by atoms with E-state index in [9.17, 15) is 0 Å². The first kappa shape index (κ1) is 9.26. The molecule has 2 rings (SSSR count). The molecule has 12 heavy (non-hydrogen) atoms. The smallest absolute Gasteiger partial charge is 0.0489 e. The van der Waals surface area contributed by atoms with Gasteiger partial charge in [0.25, 0.3) is 0 Å². The maximum absolute atomic E-state index is 3.83. The third-order valence-corrected chi connectivity index (χ3v) is 1.97. The lowest BCUT2D eigenvalue weighted by molar-refractivity contribution is 0.418. The molecule has 0 atom stereocenters. The highest BCUT2D eigenvalue weighted by Gasteiger charge is 2.03. The molecule has 68 valence electrons. The Morgan fingerprint density at radius 1 is 1.17 bits per heavy atom. The summed E-state index contributed by atoms with van der Waals surface area (Å²) in [6.07, 6.45) is 6.47. The molecule has 1 fully saturated rings. The number of rotatable bonds is 0. The van der Waals surface area contributed by atoms with Crippen LogP contribution in [0.2, 0.25) is 0 Å². The molecular formula is C9H17N3. The Balaban J connectivity index is 0.000000120. The molecule has 1 aromatic rings. The average molecular weight is 167 g/mol. The van der Waals surface area contributed by atoms with Crippen molar-refractivity contribution in [1.29, 1.82) is 0 Å². The summed E-state index contributed by atoms with van der Waals surface area (Å²) in [5.41, 5.74) is 0. The van der Waals surface area contributed by atoms with Crippen LogP contribution < -0.4 is 0 Å². The fourth-order valence-electron chi connectivity index (χ4n) is 1.22. The zero-order valence-corrected chi connectivity index (χ0v) is 7.90. The van der Waals surface area contributed by atoms with Gasteiger partial charge in [-0.2, -0.15) is 5.10 Å². The lowest BCUT2D eigenvalue weighted by Gasteiger charge is -2.01. The molecule has 0 bridgehead atoms. The third kappa shape index (κ3) is 3.53. The molecule has 0 radical (unpaired) electrons. The minimum atomic E-state index is 1.32. The van der Waals surface area contributed by atoms with E-state index in [1.165, 1.54) is 25.9 Å². The molecule has 1 aliphatic rings. The van der Waals surface area contributed by atoms with E-state index < -0.39 is 0 Å².